The van der Waals surface area contributed by atoms with Gasteiger partial charge in [-0.25, -0.2) is 4.79 Å². The number of carbonyl (C=O) groups excluding carboxylic acids is 2. The fourth-order valence-corrected chi connectivity index (χ4v) is 3.36. The van der Waals surface area contributed by atoms with E-state index in [0.717, 1.165) is 5.69 Å². The van der Waals surface area contributed by atoms with Crippen molar-refractivity contribution in [2.45, 2.75) is 52.2 Å². The number of nitrogens with zero attached hydrogens (tertiary/aromatic N) is 2. The summed E-state index contributed by atoms with van der Waals surface area (Å²) in [4.78, 5) is 28.5. The lowest BCUT2D eigenvalue weighted by Crippen LogP contribution is -2.51. The summed E-state index contributed by atoms with van der Waals surface area (Å²) in [6.07, 6.45) is 0.282. The molecule has 0 bridgehead atoms. The molecule has 1 fully saturated rings. The van der Waals surface area contributed by atoms with Crippen LogP contribution in [0.2, 0.25) is 0 Å². The lowest BCUT2D eigenvalue weighted by molar-refractivity contribution is -0.117. The second-order valence-corrected chi connectivity index (χ2v) is 6.99. The van der Waals surface area contributed by atoms with E-state index in [9.17, 15) is 9.59 Å². The molecule has 1 aliphatic rings. The van der Waals surface area contributed by atoms with E-state index in [0.29, 0.717) is 18.0 Å². The quantitative estimate of drug-likeness (QED) is 0.843. The van der Waals surface area contributed by atoms with Crippen molar-refractivity contribution >= 4 is 17.6 Å². The zero-order chi connectivity index (χ0) is 19.4. The molecule has 7 nitrogen and oxygen atoms in total. The molecule has 1 aliphatic heterocycles. The number of nitrogens with one attached hydrogen (secondary N) is 1. The molecule has 0 spiro atoms. The molecule has 0 aromatic heterocycles. The number of benzene rings is 1. The van der Waals surface area contributed by atoms with Crippen LogP contribution in [-0.2, 0) is 4.79 Å². The van der Waals surface area contributed by atoms with Crippen molar-refractivity contribution in [3.05, 3.63) is 18.2 Å². The molecular formula is C19H29N3O4. The standard InChI is InChI=1S/C19H29N3O4/c1-12(2)22(13(3)4)19(24)20-14-9-18(23)21(11-14)15-7-8-16(25-5)17(10-15)26-6/h7-8,10,12-14H,9,11H2,1-6H3,(H,20,24)/t14-/m1/s1. The highest BCUT2D eigenvalue weighted by atomic mass is 16.5. The first-order valence-electron chi connectivity index (χ1n) is 8.89. The molecule has 0 radical (unpaired) electrons. The monoisotopic (exact) mass is 363 g/mol. The third kappa shape index (κ3) is 4.20. The van der Waals surface area contributed by atoms with Crippen LogP contribution in [0.3, 0.4) is 0 Å². The van der Waals surface area contributed by atoms with E-state index in [1.165, 1.54) is 0 Å². The molecule has 0 unspecified atom stereocenters. The minimum Gasteiger partial charge on any atom is -0.493 e. The van der Waals surface area contributed by atoms with Crippen molar-refractivity contribution < 1.29 is 19.1 Å². The number of rotatable bonds is 6. The number of amides is 3. The van der Waals surface area contributed by atoms with Gasteiger partial charge in [0.2, 0.25) is 5.91 Å². The molecule has 0 aliphatic carbocycles. The van der Waals surface area contributed by atoms with Gasteiger partial charge < -0.3 is 24.6 Å². The Bertz CT molecular complexity index is 652. The third-order valence-electron chi connectivity index (χ3n) is 4.48. The smallest absolute Gasteiger partial charge is 0.318 e. The molecule has 1 heterocycles. The van der Waals surface area contributed by atoms with Gasteiger partial charge in [0.05, 0.1) is 20.3 Å². The van der Waals surface area contributed by atoms with Crippen LogP contribution >= 0.6 is 0 Å². The first-order chi connectivity index (χ1) is 12.3. The fraction of sp³-hybridized carbons (Fsp3) is 0.579. The molecule has 1 saturated heterocycles. The lowest BCUT2D eigenvalue weighted by Gasteiger charge is -2.32. The highest BCUT2D eigenvalue weighted by molar-refractivity contribution is 5.97. The Hall–Kier alpha value is -2.44. The van der Waals surface area contributed by atoms with Crippen molar-refractivity contribution in [3.8, 4) is 11.5 Å². The van der Waals surface area contributed by atoms with Crippen LogP contribution < -0.4 is 19.7 Å². The number of ether oxygens (including phenoxy) is 2. The van der Waals surface area contributed by atoms with Gasteiger partial charge in [-0.3, -0.25) is 4.79 Å². The average Bonchev–Trinajstić information content (AvgIpc) is 2.93. The van der Waals surface area contributed by atoms with E-state index in [4.69, 9.17) is 9.47 Å². The summed E-state index contributed by atoms with van der Waals surface area (Å²) >= 11 is 0. The van der Waals surface area contributed by atoms with Crippen LogP contribution in [0.5, 0.6) is 11.5 Å². The first-order valence-corrected chi connectivity index (χ1v) is 8.89. The van der Waals surface area contributed by atoms with E-state index in [-0.39, 0.29) is 36.5 Å². The summed E-state index contributed by atoms with van der Waals surface area (Å²) in [5, 5.41) is 2.99. The van der Waals surface area contributed by atoms with E-state index in [1.54, 1.807) is 36.2 Å². The molecular weight excluding hydrogens is 334 g/mol. The van der Waals surface area contributed by atoms with E-state index in [2.05, 4.69) is 5.32 Å². The number of anilines is 1. The number of hydrogen-bond acceptors (Lipinski definition) is 4. The zero-order valence-corrected chi connectivity index (χ0v) is 16.4. The van der Waals surface area contributed by atoms with Crippen molar-refractivity contribution in [3.63, 3.8) is 0 Å². The first kappa shape index (κ1) is 19.9. The van der Waals surface area contributed by atoms with Crippen LogP contribution in [0.1, 0.15) is 34.1 Å². The normalized spacial score (nSPS) is 17.0. The second-order valence-electron chi connectivity index (χ2n) is 6.99. The largest absolute Gasteiger partial charge is 0.493 e. The maximum atomic E-state index is 12.6. The molecule has 1 atom stereocenters. The topological polar surface area (TPSA) is 71.1 Å². The van der Waals surface area contributed by atoms with Crippen LogP contribution in [-0.4, -0.2) is 55.7 Å². The SMILES string of the molecule is COc1ccc(N2C[C@H](NC(=O)N(C(C)C)C(C)C)CC2=O)cc1OC. The van der Waals surface area contributed by atoms with E-state index >= 15 is 0 Å². The Labute approximate surface area is 155 Å². The van der Waals surface area contributed by atoms with Crippen LogP contribution in [0.25, 0.3) is 0 Å². The van der Waals surface area contributed by atoms with Crippen LogP contribution in [0.4, 0.5) is 10.5 Å². The van der Waals surface area contributed by atoms with Gasteiger partial charge >= 0.3 is 6.03 Å². The predicted octanol–water partition coefficient (Wildman–Crippen LogP) is 2.64. The summed E-state index contributed by atoms with van der Waals surface area (Å²) in [6, 6.07) is 5.19. The molecule has 1 aromatic rings. The van der Waals surface area contributed by atoms with Gasteiger partial charge in [0.15, 0.2) is 11.5 Å². The van der Waals surface area contributed by atoms with Crippen LogP contribution in [0, 0.1) is 0 Å². The molecule has 7 heteroatoms. The molecule has 3 amide bonds. The third-order valence-corrected chi connectivity index (χ3v) is 4.48. The average molecular weight is 363 g/mol. The van der Waals surface area contributed by atoms with E-state index in [1.807, 2.05) is 33.8 Å². The maximum Gasteiger partial charge on any atom is 0.318 e. The van der Waals surface area contributed by atoms with Gasteiger partial charge in [0.1, 0.15) is 0 Å². The summed E-state index contributed by atoms with van der Waals surface area (Å²) in [5.41, 5.74) is 0.731. The molecule has 0 saturated carbocycles. The second kappa shape index (κ2) is 8.29. The van der Waals surface area contributed by atoms with Crippen molar-refractivity contribution in [2.24, 2.45) is 0 Å². The Morgan fingerprint density at radius 2 is 1.77 bits per heavy atom. The molecule has 2 rings (SSSR count). The number of urea groups is 1. The van der Waals surface area contributed by atoms with Crippen molar-refractivity contribution in [1.82, 2.24) is 10.2 Å². The van der Waals surface area contributed by atoms with E-state index < -0.39 is 0 Å². The Morgan fingerprint density at radius 3 is 2.31 bits per heavy atom. The summed E-state index contributed by atoms with van der Waals surface area (Å²) in [7, 11) is 3.13. The molecule has 26 heavy (non-hydrogen) atoms. The number of methoxy groups -OCH3 is 2. The molecule has 1 N–H and O–H groups in total. The van der Waals surface area contributed by atoms with Gasteiger partial charge in [-0.15, -0.1) is 0 Å². The van der Waals surface area contributed by atoms with Gasteiger partial charge in [-0.05, 0) is 39.8 Å². The highest BCUT2D eigenvalue weighted by Gasteiger charge is 2.33. The Kier molecular flexibility index (Phi) is 6.34. The molecule has 144 valence electrons. The minimum atomic E-state index is -0.219. The molecule has 1 aromatic carbocycles. The lowest BCUT2D eigenvalue weighted by atomic mass is 10.2. The van der Waals surface area contributed by atoms with Gasteiger partial charge in [0.25, 0.3) is 0 Å². The zero-order valence-electron chi connectivity index (χ0n) is 16.4. The van der Waals surface area contributed by atoms with Gasteiger partial charge in [0, 0.05) is 36.8 Å². The summed E-state index contributed by atoms with van der Waals surface area (Å²) in [6.45, 7) is 8.36. The number of hydrogen-bond donors (Lipinski definition) is 1. The van der Waals surface area contributed by atoms with Crippen molar-refractivity contribution in [2.75, 3.05) is 25.7 Å². The van der Waals surface area contributed by atoms with Gasteiger partial charge in [-0.2, -0.15) is 0 Å². The highest BCUT2D eigenvalue weighted by Crippen LogP contribution is 2.33. The minimum absolute atomic E-state index is 0.0248. The Balaban J connectivity index is 2.10. The van der Waals surface area contributed by atoms with Crippen molar-refractivity contribution in [1.29, 1.82) is 0 Å². The predicted molar refractivity (Wildman–Crippen MR) is 101 cm³/mol. The summed E-state index contributed by atoms with van der Waals surface area (Å²) in [5.74, 6) is 1.15. The van der Waals surface area contributed by atoms with Gasteiger partial charge in [-0.1, -0.05) is 0 Å². The summed E-state index contributed by atoms with van der Waals surface area (Å²) < 4.78 is 10.5. The number of carbonyl (C=O) groups is 2. The maximum absolute atomic E-state index is 12.6. The fourth-order valence-electron chi connectivity index (χ4n) is 3.36. The van der Waals surface area contributed by atoms with Crippen LogP contribution in [0.15, 0.2) is 18.2 Å². The Morgan fingerprint density at radius 1 is 1.15 bits per heavy atom.